The van der Waals surface area contributed by atoms with E-state index in [1.165, 1.54) is 0 Å². The Kier molecular flexibility index (Phi) is 5.31. The lowest BCUT2D eigenvalue weighted by Crippen LogP contribution is -2.43. The average molecular weight is 274 g/mol. The number of carbonyl (C=O) groups is 2. The highest BCUT2D eigenvalue weighted by molar-refractivity contribution is 8.00. The van der Waals surface area contributed by atoms with Crippen molar-refractivity contribution in [3.05, 3.63) is 0 Å². The van der Waals surface area contributed by atoms with Crippen LogP contribution in [0.4, 0.5) is 4.79 Å². The smallest absolute Gasteiger partial charge is 0.314 e. The molecule has 1 fully saturated rings. The number of thioether (sulfide) groups is 1. The van der Waals surface area contributed by atoms with Gasteiger partial charge in [-0.1, -0.05) is 13.8 Å². The predicted octanol–water partition coefficient (Wildman–Crippen LogP) is 1.54. The first-order chi connectivity index (χ1) is 8.40. The minimum Gasteiger partial charge on any atom is -0.481 e. The molecule has 1 aliphatic rings. The molecular formula is C12H22N2O3S. The highest BCUT2D eigenvalue weighted by Gasteiger charge is 2.41. The monoisotopic (exact) mass is 274 g/mol. The standard InChI is InChI=1S/C12H22N2O3S/c1-8(2)9(10(15)16)6-13-11(17)14-7-12(18-3)4-5-12/h8-9H,4-7H2,1-3H3,(H,15,16)(H2,13,14,17). The van der Waals surface area contributed by atoms with Crippen molar-refractivity contribution in [2.45, 2.75) is 31.4 Å². The zero-order chi connectivity index (χ0) is 13.8. The Hall–Kier alpha value is -0.910. The van der Waals surface area contributed by atoms with Gasteiger partial charge in [0.05, 0.1) is 5.92 Å². The Morgan fingerprint density at radius 3 is 2.33 bits per heavy atom. The van der Waals surface area contributed by atoms with Crippen LogP contribution in [0.3, 0.4) is 0 Å². The summed E-state index contributed by atoms with van der Waals surface area (Å²) in [5, 5.41) is 14.4. The van der Waals surface area contributed by atoms with Gasteiger partial charge in [0, 0.05) is 17.8 Å². The second-order valence-corrected chi connectivity index (χ2v) is 6.41. The van der Waals surface area contributed by atoms with E-state index in [4.69, 9.17) is 5.11 Å². The molecule has 0 aromatic heterocycles. The largest absolute Gasteiger partial charge is 0.481 e. The van der Waals surface area contributed by atoms with Crippen molar-refractivity contribution in [3.8, 4) is 0 Å². The fourth-order valence-corrected chi connectivity index (χ4v) is 2.43. The summed E-state index contributed by atoms with van der Waals surface area (Å²) in [7, 11) is 0. The second-order valence-electron chi connectivity index (χ2n) is 5.14. The van der Waals surface area contributed by atoms with Crippen molar-refractivity contribution < 1.29 is 14.7 Å². The summed E-state index contributed by atoms with van der Waals surface area (Å²) in [6.45, 7) is 4.50. The fourth-order valence-electron chi connectivity index (χ4n) is 1.71. The summed E-state index contributed by atoms with van der Waals surface area (Å²) < 4.78 is 0.224. The zero-order valence-corrected chi connectivity index (χ0v) is 12.0. The number of urea groups is 1. The van der Waals surface area contributed by atoms with E-state index in [2.05, 4.69) is 10.6 Å². The van der Waals surface area contributed by atoms with Crippen molar-refractivity contribution >= 4 is 23.8 Å². The van der Waals surface area contributed by atoms with E-state index in [-0.39, 0.29) is 23.2 Å². The van der Waals surface area contributed by atoms with Gasteiger partial charge in [-0.3, -0.25) is 4.79 Å². The lowest BCUT2D eigenvalue weighted by atomic mass is 9.96. The molecule has 0 aromatic rings. The number of amides is 2. The van der Waals surface area contributed by atoms with E-state index >= 15 is 0 Å². The van der Waals surface area contributed by atoms with Gasteiger partial charge >= 0.3 is 12.0 Å². The van der Waals surface area contributed by atoms with Gasteiger partial charge in [-0.2, -0.15) is 11.8 Å². The molecule has 18 heavy (non-hydrogen) atoms. The number of aliphatic carboxylic acids is 1. The third kappa shape index (κ3) is 4.40. The molecular weight excluding hydrogens is 252 g/mol. The van der Waals surface area contributed by atoms with Crippen LogP contribution in [0.2, 0.25) is 0 Å². The molecule has 1 saturated carbocycles. The number of carboxylic acids is 1. The predicted molar refractivity (Wildman–Crippen MR) is 72.8 cm³/mol. The maximum absolute atomic E-state index is 11.6. The molecule has 3 N–H and O–H groups in total. The first-order valence-corrected chi connectivity index (χ1v) is 7.42. The number of hydrogen-bond acceptors (Lipinski definition) is 3. The lowest BCUT2D eigenvalue weighted by Gasteiger charge is -2.18. The summed E-state index contributed by atoms with van der Waals surface area (Å²) in [6.07, 6.45) is 4.32. The molecule has 1 rings (SSSR count). The Morgan fingerprint density at radius 2 is 1.94 bits per heavy atom. The van der Waals surface area contributed by atoms with E-state index in [1.807, 2.05) is 20.1 Å². The maximum Gasteiger partial charge on any atom is 0.314 e. The fraction of sp³-hybridized carbons (Fsp3) is 0.833. The molecule has 0 heterocycles. The average Bonchev–Trinajstić information content (AvgIpc) is 3.06. The van der Waals surface area contributed by atoms with Gasteiger partial charge in [-0.05, 0) is 25.0 Å². The molecule has 0 aliphatic heterocycles. The van der Waals surface area contributed by atoms with Gasteiger partial charge in [0.2, 0.25) is 0 Å². The summed E-state index contributed by atoms with van der Waals surface area (Å²) in [5.74, 6) is -1.40. The molecule has 2 amide bonds. The highest BCUT2D eigenvalue weighted by atomic mass is 32.2. The normalized spacial score (nSPS) is 18.2. The molecule has 104 valence electrons. The maximum atomic E-state index is 11.6. The summed E-state index contributed by atoms with van der Waals surface area (Å²) in [6, 6.07) is -0.276. The number of nitrogens with one attached hydrogen (secondary N) is 2. The molecule has 1 unspecified atom stereocenters. The number of carbonyl (C=O) groups excluding carboxylic acids is 1. The van der Waals surface area contributed by atoms with Gasteiger partial charge < -0.3 is 15.7 Å². The molecule has 1 atom stereocenters. The van der Waals surface area contributed by atoms with E-state index in [9.17, 15) is 9.59 Å². The number of hydrogen-bond donors (Lipinski definition) is 3. The second kappa shape index (κ2) is 6.31. The van der Waals surface area contributed by atoms with Crippen molar-refractivity contribution in [2.75, 3.05) is 19.3 Å². The topological polar surface area (TPSA) is 78.4 Å². The van der Waals surface area contributed by atoms with Crippen LogP contribution in [0.5, 0.6) is 0 Å². The van der Waals surface area contributed by atoms with E-state index in [0.717, 1.165) is 12.8 Å². The molecule has 0 spiro atoms. The van der Waals surface area contributed by atoms with Crippen LogP contribution >= 0.6 is 11.8 Å². The molecule has 6 heteroatoms. The summed E-state index contributed by atoms with van der Waals surface area (Å²) >= 11 is 1.78. The van der Waals surface area contributed by atoms with E-state index in [1.54, 1.807) is 11.8 Å². The van der Waals surface area contributed by atoms with Crippen LogP contribution in [0.1, 0.15) is 26.7 Å². The molecule has 0 bridgehead atoms. The van der Waals surface area contributed by atoms with E-state index in [0.29, 0.717) is 6.54 Å². The van der Waals surface area contributed by atoms with Crippen LogP contribution in [0, 0.1) is 11.8 Å². The van der Waals surface area contributed by atoms with Crippen molar-refractivity contribution in [1.29, 1.82) is 0 Å². The quantitative estimate of drug-likeness (QED) is 0.658. The third-order valence-electron chi connectivity index (χ3n) is 3.42. The third-order valence-corrected chi connectivity index (χ3v) is 4.83. The van der Waals surface area contributed by atoms with Gasteiger partial charge in [-0.25, -0.2) is 4.79 Å². The number of rotatable bonds is 7. The van der Waals surface area contributed by atoms with Crippen molar-refractivity contribution in [2.24, 2.45) is 11.8 Å². The van der Waals surface area contributed by atoms with Crippen LogP contribution in [0.15, 0.2) is 0 Å². The number of carboxylic acid groups (broad SMARTS) is 1. The molecule has 0 radical (unpaired) electrons. The SMILES string of the molecule is CSC1(CNC(=O)NCC(C(=O)O)C(C)C)CC1. The minimum atomic E-state index is -0.868. The van der Waals surface area contributed by atoms with Crippen LogP contribution in [-0.4, -0.2) is 41.2 Å². The van der Waals surface area contributed by atoms with E-state index < -0.39 is 11.9 Å². The molecule has 0 saturated heterocycles. The Morgan fingerprint density at radius 1 is 1.33 bits per heavy atom. The highest BCUT2D eigenvalue weighted by Crippen LogP contribution is 2.46. The lowest BCUT2D eigenvalue weighted by molar-refractivity contribution is -0.142. The summed E-state index contributed by atoms with van der Waals surface area (Å²) in [4.78, 5) is 22.5. The van der Waals surface area contributed by atoms with Crippen molar-refractivity contribution in [3.63, 3.8) is 0 Å². The van der Waals surface area contributed by atoms with Gasteiger partial charge in [0.25, 0.3) is 0 Å². The Labute approximate surface area is 112 Å². The van der Waals surface area contributed by atoms with Gasteiger partial charge in [0.15, 0.2) is 0 Å². The summed E-state index contributed by atoms with van der Waals surface area (Å²) in [5.41, 5.74) is 0. The molecule has 1 aliphatic carbocycles. The Bertz CT molecular complexity index is 316. The van der Waals surface area contributed by atoms with Crippen LogP contribution in [-0.2, 0) is 4.79 Å². The molecule has 5 nitrogen and oxygen atoms in total. The molecule has 0 aromatic carbocycles. The first kappa shape index (κ1) is 15.1. The minimum absolute atomic E-state index is 0.00349. The zero-order valence-electron chi connectivity index (χ0n) is 11.2. The van der Waals surface area contributed by atoms with Gasteiger partial charge in [-0.15, -0.1) is 0 Å². The van der Waals surface area contributed by atoms with Gasteiger partial charge in [0.1, 0.15) is 0 Å². The van der Waals surface area contributed by atoms with Crippen LogP contribution < -0.4 is 10.6 Å². The Balaban J connectivity index is 2.25. The van der Waals surface area contributed by atoms with Crippen LogP contribution in [0.25, 0.3) is 0 Å². The van der Waals surface area contributed by atoms with Crippen molar-refractivity contribution in [1.82, 2.24) is 10.6 Å². The first-order valence-electron chi connectivity index (χ1n) is 6.20.